The molecule has 4 aromatic carbocycles. The molecule has 0 atom stereocenters. The molecule has 0 unspecified atom stereocenters. The van der Waals surface area contributed by atoms with Crippen molar-refractivity contribution in [3.8, 4) is 35.8 Å². The van der Waals surface area contributed by atoms with E-state index in [0.717, 1.165) is 24.0 Å². The molecule has 1 aliphatic carbocycles. The lowest BCUT2D eigenvalue weighted by atomic mass is 9.69. The second-order valence-corrected chi connectivity index (χ2v) is 8.21. The minimum atomic E-state index is -0.150. The van der Waals surface area contributed by atoms with Crippen molar-refractivity contribution in [1.82, 2.24) is 0 Å². The standard InChI is InChI=1S/C31H22/c1-3-23-13-17-25(18-14-23)21-31(22-26-19-15-24(4-2)16-20-26)29-11-7-5-9-27(29)28-10-6-8-12-30(28)31/h1-2,5-20H,21-22H2. The number of hydrogen-bond acceptors (Lipinski definition) is 0. The van der Waals surface area contributed by atoms with E-state index in [1.165, 1.54) is 33.4 Å². The van der Waals surface area contributed by atoms with Gasteiger partial charge in [-0.15, -0.1) is 12.8 Å². The van der Waals surface area contributed by atoms with E-state index in [4.69, 9.17) is 12.8 Å². The first kappa shape index (κ1) is 19.0. The highest BCUT2D eigenvalue weighted by molar-refractivity contribution is 5.81. The molecular weight excluding hydrogens is 372 g/mol. The Morgan fingerprint density at radius 1 is 0.516 bits per heavy atom. The van der Waals surface area contributed by atoms with Crippen LogP contribution < -0.4 is 0 Å². The van der Waals surface area contributed by atoms with E-state index in [2.05, 4.69) is 84.6 Å². The van der Waals surface area contributed by atoms with Gasteiger partial charge in [-0.2, -0.15) is 0 Å². The molecule has 0 fully saturated rings. The van der Waals surface area contributed by atoms with Gasteiger partial charge in [0.05, 0.1) is 0 Å². The molecule has 0 spiro atoms. The van der Waals surface area contributed by atoms with Crippen LogP contribution in [0.15, 0.2) is 97.1 Å². The van der Waals surface area contributed by atoms with Crippen molar-refractivity contribution in [2.24, 2.45) is 0 Å². The van der Waals surface area contributed by atoms with Crippen LogP contribution >= 0.6 is 0 Å². The summed E-state index contributed by atoms with van der Waals surface area (Å²) in [6.45, 7) is 0. The Bertz CT molecular complexity index is 1220. The molecule has 1 aliphatic rings. The second-order valence-electron chi connectivity index (χ2n) is 8.21. The van der Waals surface area contributed by atoms with Crippen molar-refractivity contribution in [2.45, 2.75) is 18.3 Å². The van der Waals surface area contributed by atoms with Crippen LogP contribution in [0.3, 0.4) is 0 Å². The maximum atomic E-state index is 5.58. The van der Waals surface area contributed by atoms with Gasteiger partial charge >= 0.3 is 0 Å². The molecule has 4 aromatic rings. The predicted molar refractivity (Wildman–Crippen MR) is 129 cm³/mol. The summed E-state index contributed by atoms with van der Waals surface area (Å²) in [5.74, 6) is 5.45. The molecule has 0 amide bonds. The fourth-order valence-electron chi connectivity index (χ4n) is 4.99. The van der Waals surface area contributed by atoms with Gasteiger partial charge in [-0.05, 0) is 70.5 Å². The third-order valence-corrected chi connectivity index (χ3v) is 6.43. The Labute approximate surface area is 184 Å². The molecule has 5 rings (SSSR count). The first-order valence-electron chi connectivity index (χ1n) is 10.5. The van der Waals surface area contributed by atoms with Crippen LogP contribution in [0.5, 0.6) is 0 Å². The molecular formula is C31H22. The van der Waals surface area contributed by atoms with E-state index in [1.54, 1.807) is 0 Å². The van der Waals surface area contributed by atoms with E-state index < -0.39 is 0 Å². The maximum absolute atomic E-state index is 5.58. The Morgan fingerprint density at radius 2 is 0.903 bits per heavy atom. The van der Waals surface area contributed by atoms with Crippen LogP contribution in [0.25, 0.3) is 11.1 Å². The normalized spacial score (nSPS) is 13.0. The predicted octanol–water partition coefficient (Wildman–Crippen LogP) is 6.40. The summed E-state index contributed by atoms with van der Waals surface area (Å²) in [5.41, 5.74) is 9.68. The monoisotopic (exact) mass is 394 g/mol. The summed E-state index contributed by atoms with van der Waals surface area (Å²) >= 11 is 0. The first-order chi connectivity index (χ1) is 15.2. The highest BCUT2D eigenvalue weighted by Gasteiger charge is 2.42. The average molecular weight is 395 g/mol. The van der Waals surface area contributed by atoms with Crippen molar-refractivity contribution in [3.63, 3.8) is 0 Å². The zero-order valence-corrected chi connectivity index (χ0v) is 17.3. The molecule has 0 saturated heterocycles. The molecule has 0 aromatic heterocycles. The summed E-state index contributed by atoms with van der Waals surface area (Å²) in [6.07, 6.45) is 13.0. The van der Waals surface area contributed by atoms with Gasteiger partial charge in [-0.3, -0.25) is 0 Å². The van der Waals surface area contributed by atoms with Crippen LogP contribution in [-0.4, -0.2) is 0 Å². The highest BCUT2D eigenvalue weighted by atomic mass is 14.4. The molecule has 0 nitrogen and oxygen atoms in total. The number of fused-ring (bicyclic) bond motifs is 3. The SMILES string of the molecule is C#Cc1ccc(CC2(Cc3ccc(C#C)cc3)c3ccccc3-c3ccccc32)cc1. The van der Waals surface area contributed by atoms with Crippen LogP contribution in [-0.2, 0) is 18.3 Å². The van der Waals surface area contributed by atoms with Crippen LogP contribution in [0.4, 0.5) is 0 Å². The second kappa shape index (κ2) is 7.68. The van der Waals surface area contributed by atoms with E-state index in [0.29, 0.717) is 0 Å². The van der Waals surface area contributed by atoms with Gasteiger partial charge in [0.25, 0.3) is 0 Å². The first-order valence-corrected chi connectivity index (χ1v) is 10.5. The zero-order chi connectivity index (χ0) is 21.3. The molecule has 0 aliphatic heterocycles. The van der Waals surface area contributed by atoms with E-state index in [9.17, 15) is 0 Å². The fraction of sp³-hybridized carbons (Fsp3) is 0.0968. The molecule has 0 saturated carbocycles. The third-order valence-electron chi connectivity index (χ3n) is 6.43. The number of terminal acetylenes is 2. The van der Waals surface area contributed by atoms with Gasteiger partial charge in [0.15, 0.2) is 0 Å². The third kappa shape index (κ3) is 3.24. The van der Waals surface area contributed by atoms with Gasteiger partial charge in [0.2, 0.25) is 0 Å². The van der Waals surface area contributed by atoms with Crippen molar-refractivity contribution in [1.29, 1.82) is 0 Å². The maximum Gasteiger partial charge on any atom is 0.0295 e. The summed E-state index contributed by atoms with van der Waals surface area (Å²) in [7, 11) is 0. The molecule has 0 N–H and O–H groups in total. The van der Waals surface area contributed by atoms with E-state index >= 15 is 0 Å². The summed E-state index contributed by atoms with van der Waals surface area (Å²) in [5, 5.41) is 0. The van der Waals surface area contributed by atoms with Crippen molar-refractivity contribution in [2.75, 3.05) is 0 Å². The van der Waals surface area contributed by atoms with Gasteiger partial charge in [0.1, 0.15) is 0 Å². The smallest absolute Gasteiger partial charge is 0.0295 e. The molecule has 0 heteroatoms. The molecule has 0 heterocycles. The van der Waals surface area contributed by atoms with Crippen LogP contribution in [0.1, 0.15) is 33.4 Å². The fourth-order valence-corrected chi connectivity index (χ4v) is 4.99. The quantitative estimate of drug-likeness (QED) is 0.351. The lowest BCUT2D eigenvalue weighted by Crippen LogP contribution is -2.31. The molecule has 31 heavy (non-hydrogen) atoms. The Balaban J connectivity index is 1.69. The molecule has 146 valence electrons. The van der Waals surface area contributed by atoms with Crippen molar-refractivity contribution >= 4 is 0 Å². The minimum Gasteiger partial charge on any atom is -0.115 e. The lowest BCUT2D eigenvalue weighted by molar-refractivity contribution is 0.520. The lowest BCUT2D eigenvalue weighted by Gasteiger charge is -2.33. The number of rotatable bonds is 4. The van der Waals surface area contributed by atoms with Gasteiger partial charge in [-0.1, -0.05) is 84.6 Å². The van der Waals surface area contributed by atoms with E-state index in [1.807, 2.05) is 24.3 Å². The van der Waals surface area contributed by atoms with Gasteiger partial charge in [0, 0.05) is 16.5 Å². The van der Waals surface area contributed by atoms with E-state index in [-0.39, 0.29) is 5.41 Å². The minimum absolute atomic E-state index is 0.150. The zero-order valence-electron chi connectivity index (χ0n) is 17.3. The van der Waals surface area contributed by atoms with Crippen molar-refractivity contribution in [3.05, 3.63) is 130 Å². The Kier molecular flexibility index (Phi) is 4.71. The molecule has 0 bridgehead atoms. The van der Waals surface area contributed by atoms with Gasteiger partial charge in [-0.25, -0.2) is 0 Å². The Morgan fingerprint density at radius 3 is 1.29 bits per heavy atom. The number of benzene rings is 4. The topological polar surface area (TPSA) is 0 Å². The van der Waals surface area contributed by atoms with Crippen LogP contribution in [0, 0.1) is 24.7 Å². The summed E-state index contributed by atoms with van der Waals surface area (Å²) < 4.78 is 0. The summed E-state index contributed by atoms with van der Waals surface area (Å²) in [4.78, 5) is 0. The number of hydrogen-bond donors (Lipinski definition) is 0. The summed E-state index contributed by atoms with van der Waals surface area (Å²) in [6, 6.07) is 34.5. The Hall–Kier alpha value is -4.00. The van der Waals surface area contributed by atoms with Crippen molar-refractivity contribution < 1.29 is 0 Å². The average Bonchev–Trinajstić information content (AvgIpc) is 3.10. The van der Waals surface area contributed by atoms with Gasteiger partial charge < -0.3 is 0 Å². The van der Waals surface area contributed by atoms with Crippen LogP contribution in [0.2, 0.25) is 0 Å². The largest absolute Gasteiger partial charge is 0.115 e. The molecule has 0 radical (unpaired) electrons. The highest BCUT2D eigenvalue weighted by Crippen LogP contribution is 2.52.